The van der Waals surface area contributed by atoms with Gasteiger partial charge in [-0.1, -0.05) is 42.0 Å². The third kappa shape index (κ3) is 6.44. The summed E-state index contributed by atoms with van der Waals surface area (Å²) in [6.45, 7) is 6.14. The summed E-state index contributed by atoms with van der Waals surface area (Å²) in [4.78, 5) is 20.3. The van der Waals surface area contributed by atoms with Crippen LogP contribution in [0.1, 0.15) is 54.0 Å². The van der Waals surface area contributed by atoms with E-state index in [4.69, 9.17) is 0 Å². The lowest BCUT2D eigenvalue weighted by atomic mass is 9.97. The van der Waals surface area contributed by atoms with Crippen LogP contribution in [0.4, 0.5) is 13.2 Å². The number of amides is 1. The summed E-state index contributed by atoms with van der Waals surface area (Å²) in [5.74, 6) is -0.000444. The maximum atomic E-state index is 13.7. The molecule has 0 spiro atoms. The Bertz CT molecular complexity index is 981. The highest BCUT2D eigenvalue weighted by Crippen LogP contribution is 2.31. The molecule has 0 saturated carbocycles. The van der Waals surface area contributed by atoms with Crippen molar-refractivity contribution in [1.82, 2.24) is 14.7 Å². The quantitative estimate of drug-likeness (QED) is 0.529. The normalized spacial score (nSPS) is 19.1. The molecule has 0 bridgehead atoms. The standard InChI is InChI=1S/C28H36F3N3O/c1-21-18-22(20-24(19-21)28(29,30)31)10-15-32(2)27(35)26(23-8-4-3-5-9-23)34-16-11-25(12-17-34)33-13-6-7-14-33/h3-5,8-9,18-20,25-26H,6-7,10-17H2,1-2H3. The Morgan fingerprint density at radius 1 is 1.03 bits per heavy atom. The number of alkyl halides is 3. The molecular formula is C28H36F3N3O. The molecular weight excluding hydrogens is 451 g/mol. The SMILES string of the molecule is Cc1cc(CCN(C)C(=O)C(c2ccccc2)N2CCC(N3CCCC3)CC2)cc(C(F)(F)F)c1. The van der Waals surface area contributed by atoms with E-state index in [0.717, 1.165) is 37.6 Å². The molecule has 0 N–H and O–H groups in total. The fourth-order valence-corrected chi connectivity index (χ4v) is 5.55. The van der Waals surface area contributed by atoms with E-state index in [1.54, 1.807) is 24.9 Å². The van der Waals surface area contributed by atoms with Crippen molar-refractivity contribution in [2.24, 2.45) is 0 Å². The van der Waals surface area contributed by atoms with Gasteiger partial charge in [0.25, 0.3) is 0 Å². The summed E-state index contributed by atoms with van der Waals surface area (Å²) in [6.07, 6.45) is 0.685. The van der Waals surface area contributed by atoms with Crippen LogP contribution in [0, 0.1) is 6.92 Å². The Morgan fingerprint density at radius 3 is 2.31 bits per heavy atom. The zero-order valence-corrected chi connectivity index (χ0v) is 20.7. The van der Waals surface area contributed by atoms with Crippen LogP contribution in [0.5, 0.6) is 0 Å². The fourth-order valence-electron chi connectivity index (χ4n) is 5.55. The Kier molecular flexibility index (Phi) is 8.17. The van der Waals surface area contributed by atoms with E-state index in [9.17, 15) is 18.0 Å². The second-order valence-electron chi connectivity index (χ2n) is 10.0. The van der Waals surface area contributed by atoms with Crippen LogP contribution in [-0.4, -0.2) is 66.4 Å². The van der Waals surface area contributed by atoms with Crippen LogP contribution in [0.25, 0.3) is 0 Å². The molecule has 0 radical (unpaired) electrons. The summed E-state index contributed by atoms with van der Waals surface area (Å²) >= 11 is 0. The van der Waals surface area contributed by atoms with Gasteiger partial charge in [0, 0.05) is 32.7 Å². The molecule has 2 aliphatic heterocycles. The van der Waals surface area contributed by atoms with Gasteiger partial charge in [0.15, 0.2) is 0 Å². The topological polar surface area (TPSA) is 26.8 Å². The van der Waals surface area contributed by atoms with Crippen molar-refractivity contribution in [2.45, 2.75) is 57.3 Å². The van der Waals surface area contributed by atoms with Crippen molar-refractivity contribution in [1.29, 1.82) is 0 Å². The molecule has 35 heavy (non-hydrogen) atoms. The van der Waals surface area contributed by atoms with Gasteiger partial charge in [-0.2, -0.15) is 13.2 Å². The van der Waals surface area contributed by atoms with Crippen LogP contribution in [0.3, 0.4) is 0 Å². The zero-order valence-electron chi connectivity index (χ0n) is 20.7. The van der Waals surface area contributed by atoms with Crippen LogP contribution in [0.15, 0.2) is 48.5 Å². The van der Waals surface area contributed by atoms with E-state index in [2.05, 4.69) is 9.80 Å². The van der Waals surface area contributed by atoms with Gasteiger partial charge < -0.3 is 9.80 Å². The van der Waals surface area contributed by atoms with E-state index in [0.29, 0.717) is 30.1 Å². The summed E-state index contributed by atoms with van der Waals surface area (Å²) in [6, 6.07) is 14.2. The van der Waals surface area contributed by atoms with Gasteiger partial charge >= 0.3 is 6.18 Å². The molecule has 2 saturated heterocycles. The lowest BCUT2D eigenvalue weighted by Crippen LogP contribution is -2.49. The number of carbonyl (C=O) groups is 1. The van der Waals surface area contributed by atoms with Crippen molar-refractivity contribution in [3.63, 3.8) is 0 Å². The minimum absolute atomic E-state index is 0.000444. The number of carbonyl (C=O) groups excluding carboxylic acids is 1. The number of piperidine rings is 1. The predicted molar refractivity (Wildman–Crippen MR) is 132 cm³/mol. The van der Waals surface area contributed by atoms with Gasteiger partial charge in [0.2, 0.25) is 5.91 Å². The number of hydrogen-bond acceptors (Lipinski definition) is 3. The van der Waals surface area contributed by atoms with E-state index in [-0.39, 0.29) is 11.9 Å². The number of aryl methyl sites for hydroxylation is 1. The molecule has 2 aromatic carbocycles. The second-order valence-corrected chi connectivity index (χ2v) is 10.0. The van der Waals surface area contributed by atoms with Crippen molar-refractivity contribution < 1.29 is 18.0 Å². The van der Waals surface area contributed by atoms with Crippen LogP contribution in [0.2, 0.25) is 0 Å². The summed E-state index contributed by atoms with van der Waals surface area (Å²) in [5, 5.41) is 0. The maximum absolute atomic E-state index is 13.7. The van der Waals surface area contributed by atoms with Crippen molar-refractivity contribution in [2.75, 3.05) is 39.8 Å². The van der Waals surface area contributed by atoms with Crippen molar-refractivity contribution in [3.8, 4) is 0 Å². The van der Waals surface area contributed by atoms with Crippen LogP contribution < -0.4 is 0 Å². The molecule has 2 fully saturated rings. The molecule has 0 aliphatic carbocycles. The Morgan fingerprint density at radius 2 is 1.69 bits per heavy atom. The predicted octanol–water partition coefficient (Wildman–Crippen LogP) is 5.32. The molecule has 4 nitrogen and oxygen atoms in total. The number of benzene rings is 2. The monoisotopic (exact) mass is 487 g/mol. The first-order chi connectivity index (χ1) is 16.7. The Hall–Kier alpha value is -2.38. The molecule has 2 aliphatic rings. The third-order valence-corrected chi connectivity index (χ3v) is 7.45. The number of hydrogen-bond donors (Lipinski definition) is 0. The van der Waals surface area contributed by atoms with Crippen molar-refractivity contribution in [3.05, 3.63) is 70.8 Å². The molecule has 0 aromatic heterocycles. The highest BCUT2D eigenvalue weighted by Gasteiger charge is 2.35. The zero-order chi connectivity index (χ0) is 25.0. The smallest absolute Gasteiger partial charge is 0.344 e. The molecule has 1 atom stereocenters. The van der Waals surface area contributed by atoms with E-state index >= 15 is 0 Å². The van der Waals surface area contributed by atoms with Crippen LogP contribution >= 0.6 is 0 Å². The first-order valence-electron chi connectivity index (χ1n) is 12.7. The van der Waals surface area contributed by atoms with Crippen LogP contribution in [-0.2, 0) is 17.4 Å². The maximum Gasteiger partial charge on any atom is 0.416 e. The van der Waals surface area contributed by atoms with Gasteiger partial charge in [-0.25, -0.2) is 0 Å². The first kappa shape index (κ1) is 25.7. The molecule has 7 heteroatoms. The highest BCUT2D eigenvalue weighted by atomic mass is 19.4. The molecule has 1 unspecified atom stereocenters. The van der Waals surface area contributed by atoms with E-state index in [1.807, 2.05) is 30.3 Å². The average molecular weight is 488 g/mol. The average Bonchev–Trinajstić information content (AvgIpc) is 3.38. The summed E-state index contributed by atoms with van der Waals surface area (Å²) in [7, 11) is 1.76. The lowest BCUT2D eigenvalue weighted by molar-refractivity contribution is -0.138. The second kappa shape index (κ2) is 11.1. The fraction of sp³-hybridized carbons (Fsp3) is 0.536. The Labute approximate surface area is 206 Å². The minimum atomic E-state index is -4.37. The van der Waals surface area contributed by atoms with Gasteiger partial charge in [-0.3, -0.25) is 9.69 Å². The third-order valence-electron chi connectivity index (χ3n) is 7.45. The largest absolute Gasteiger partial charge is 0.416 e. The first-order valence-corrected chi connectivity index (χ1v) is 12.7. The van der Waals surface area contributed by atoms with E-state index < -0.39 is 11.7 Å². The minimum Gasteiger partial charge on any atom is -0.344 e. The summed E-state index contributed by atoms with van der Waals surface area (Å²) < 4.78 is 39.7. The van der Waals surface area contributed by atoms with E-state index in [1.165, 1.54) is 32.0 Å². The van der Waals surface area contributed by atoms with Crippen molar-refractivity contribution >= 4 is 5.91 Å². The lowest BCUT2D eigenvalue weighted by Gasteiger charge is -2.41. The van der Waals surface area contributed by atoms with Gasteiger partial charge in [0.1, 0.15) is 6.04 Å². The Balaban J connectivity index is 1.44. The number of likely N-dealkylation sites (tertiary alicyclic amines) is 2. The van der Waals surface area contributed by atoms with Gasteiger partial charge in [-0.05, 0) is 75.4 Å². The molecule has 2 heterocycles. The number of halogens is 3. The highest BCUT2D eigenvalue weighted by molar-refractivity contribution is 5.83. The number of nitrogens with zero attached hydrogens (tertiary/aromatic N) is 3. The number of likely N-dealkylation sites (N-methyl/N-ethyl adjacent to an activating group) is 1. The summed E-state index contributed by atoms with van der Waals surface area (Å²) in [5.41, 5.74) is 1.51. The molecule has 1 amide bonds. The molecule has 2 aromatic rings. The molecule has 190 valence electrons. The van der Waals surface area contributed by atoms with Gasteiger partial charge in [-0.15, -0.1) is 0 Å². The number of rotatable bonds is 7. The van der Waals surface area contributed by atoms with Gasteiger partial charge in [0.05, 0.1) is 5.56 Å². The molecule has 4 rings (SSSR count).